The van der Waals surface area contributed by atoms with Gasteiger partial charge in [0.25, 0.3) is 5.91 Å². The molecule has 3 aromatic heterocycles. The van der Waals surface area contributed by atoms with Crippen molar-refractivity contribution in [1.29, 1.82) is 0 Å². The molecule has 2 amide bonds. The summed E-state index contributed by atoms with van der Waals surface area (Å²) in [6.45, 7) is 4.38. The zero-order valence-corrected chi connectivity index (χ0v) is 18.5. The molecule has 4 rings (SSSR count). The lowest BCUT2D eigenvalue weighted by atomic mass is 10.1. The summed E-state index contributed by atoms with van der Waals surface area (Å²) in [6, 6.07) is 3.38. The number of carbonyl (C=O) groups excluding carboxylic acids is 2. The lowest BCUT2D eigenvalue weighted by Gasteiger charge is -2.22. The SMILES string of the molecule is C=CC(=O)N1C[C@@H](n2nc(C#Cc3ccn4ccnc4c3)c(C(N)=O)c2NC)C[C@@H]1COC. The van der Waals surface area contributed by atoms with Crippen molar-refractivity contribution in [3.8, 4) is 11.8 Å². The van der Waals surface area contributed by atoms with Gasteiger partial charge in [-0.3, -0.25) is 9.59 Å². The number of likely N-dealkylation sites (tertiary alicyclic amines) is 1. The summed E-state index contributed by atoms with van der Waals surface area (Å²) >= 11 is 0. The number of aromatic nitrogens is 4. The molecule has 0 radical (unpaired) electrons. The van der Waals surface area contributed by atoms with Crippen LogP contribution >= 0.6 is 0 Å². The number of nitrogens with two attached hydrogens (primary N) is 1. The van der Waals surface area contributed by atoms with Crippen LogP contribution in [0.15, 0.2) is 43.4 Å². The van der Waals surface area contributed by atoms with Crippen LogP contribution < -0.4 is 11.1 Å². The molecule has 170 valence electrons. The van der Waals surface area contributed by atoms with Gasteiger partial charge in [-0.1, -0.05) is 12.5 Å². The first-order valence-electron chi connectivity index (χ1n) is 10.4. The van der Waals surface area contributed by atoms with Gasteiger partial charge in [-0.05, 0) is 30.6 Å². The number of methoxy groups -OCH3 is 1. The van der Waals surface area contributed by atoms with E-state index in [9.17, 15) is 9.59 Å². The molecule has 2 atom stereocenters. The van der Waals surface area contributed by atoms with Gasteiger partial charge < -0.3 is 25.1 Å². The summed E-state index contributed by atoms with van der Waals surface area (Å²) in [4.78, 5) is 30.6. The normalized spacial score (nSPS) is 17.6. The van der Waals surface area contributed by atoms with Crippen LogP contribution in [0.2, 0.25) is 0 Å². The van der Waals surface area contributed by atoms with Gasteiger partial charge in [-0.15, -0.1) is 0 Å². The zero-order valence-electron chi connectivity index (χ0n) is 18.5. The molecule has 3 aromatic rings. The number of nitrogens with zero attached hydrogens (tertiary/aromatic N) is 5. The summed E-state index contributed by atoms with van der Waals surface area (Å²) in [5, 5.41) is 7.65. The number of anilines is 1. The highest BCUT2D eigenvalue weighted by Gasteiger charge is 2.37. The molecule has 4 heterocycles. The Bertz CT molecular complexity index is 1280. The maximum absolute atomic E-state index is 12.3. The third kappa shape index (κ3) is 4.18. The lowest BCUT2D eigenvalue weighted by Crippen LogP contribution is -2.37. The highest BCUT2D eigenvalue weighted by Crippen LogP contribution is 2.32. The fraction of sp³-hybridized carbons (Fsp3) is 0.304. The molecular formula is C23H25N7O3. The molecule has 0 spiro atoms. The van der Waals surface area contributed by atoms with Gasteiger partial charge in [0.05, 0.1) is 18.7 Å². The molecule has 1 saturated heterocycles. The van der Waals surface area contributed by atoms with Crippen molar-refractivity contribution in [1.82, 2.24) is 24.1 Å². The fourth-order valence-corrected chi connectivity index (χ4v) is 4.19. The number of amides is 2. The number of hydrogen-bond donors (Lipinski definition) is 2. The van der Waals surface area contributed by atoms with E-state index in [1.165, 1.54) is 6.08 Å². The minimum Gasteiger partial charge on any atom is -0.383 e. The molecule has 1 fully saturated rings. The van der Waals surface area contributed by atoms with Crippen molar-refractivity contribution >= 4 is 23.3 Å². The Morgan fingerprint density at radius 1 is 1.39 bits per heavy atom. The van der Waals surface area contributed by atoms with E-state index in [-0.39, 0.29) is 29.2 Å². The minimum atomic E-state index is -0.635. The number of nitrogens with one attached hydrogen (secondary N) is 1. The summed E-state index contributed by atoms with van der Waals surface area (Å²) < 4.78 is 8.87. The van der Waals surface area contributed by atoms with Crippen molar-refractivity contribution in [2.24, 2.45) is 5.73 Å². The average Bonchev–Trinajstić information content (AvgIpc) is 3.53. The predicted octanol–water partition coefficient (Wildman–Crippen LogP) is 1.05. The first-order valence-corrected chi connectivity index (χ1v) is 10.4. The Balaban J connectivity index is 1.72. The number of hydrogen-bond acceptors (Lipinski definition) is 6. The first-order chi connectivity index (χ1) is 16.0. The molecule has 10 nitrogen and oxygen atoms in total. The molecule has 0 saturated carbocycles. The second-order valence-corrected chi connectivity index (χ2v) is 7.68. The minimum absolute atomic E-state index is 0.132. The van der Waals surface area contributed by atoms with Gasteiger partial charge in [-0.25, -0.2) is 9.67 Å². The Labute approximate surface area is 191 Å². The third-order valence-electron chi connectivity index (χ3n) is 5.67. The van der Waals surface area contributed by atoms with Crippen LogP contribution in [0.25, 0.3) is 5.65 Å². The van der Waals surface area contributed by atoms with Crippen LogP contribution in [0.5, 0.6) is 0 Å². The quantitative estimate of drug-likeness (QED) is 0.431. The smallest absolute Gasteiger partial charge is 0.255 e. The van der Waals surface area contributed by atoms with Crippen LogP contribution in [0, 0.1) is 11.8 Å². The van der Waals surface area contributed by atoms with E-state index in [0.29, 0.717) is 25.4 Å². The average molecular weight is 447 g/mol. The number of ether oxygens (including phenoxy) is 1. The topological polar surface area (TPSA) is 120 Å². The first kappa shape index (κ1) is 22.1. The number of carbonyl (C=O) groups is 2. The number of rotatable bonds is 6. The lowest BCUT2D eigenvalue weighted by molar-refractivity contribution is -0.127. The Morgan fingerprint density at radius 2 is 2.21 bits per heavy atom. The maximum atomic E-state index is 12.3. The van der Waals surface area contributed by atoms with Crippen LogP contribution in [-0.4, -0.2) is 69.2 Å². The van der Waals surface area contributed by atoms with Gasteiger partial charge in [0.15, 0.2) is 5.69 Å². The standard InChI is InChI=1S/C23H25N7O3/c1-4-20(31)29-13-16(12-17(29)14-33-3)30-23(25-2)21(22(24)32)18(27-30)6-5-15-7-9-28-10-8-26-19(28)11-15/h4,7-11,16-17,25H,1,12-14H2,2-3H3,(H2,24,32)/t16-,17+/m0/s1. The highest BCUT2D eigenvalue weighted by molar-refractivity contribution is 6.00. The number of pyridine rings is 1. The van der Waals surface area contributed by atoms with E-state index in [0.717, 1.165) is 11.2 Å². The van der Waals surface area contributed by atoms with Crippen LogP contribution in [0.3, 0.4) is 0 Å². The third-order valence-corrected chi connectivity index (χ3v) is 5.67. The van der Waals surface area contributed by atoms with Crippen molar-refractivity contribution < 1.29 is 14.3 Å². The van der Waals surface area contributed by atoms with Gasteiger partial charge in [0.1, 0.15) is 17.0 Å². The maximum Gasteiger partial charge on any atom is 0.255 e. The van der Waals surface area contributed by atoms with Gasteiger partial charge in [0.2, 0.25) is 5.91 Å². The number of fused-ring (bicyclic) bond motifs is 1. The van der Waals surface area contributed by atoms with Crippen molar-refractivity contribution in [3.63, 3.8) is 0 Å². The largest absolute Gasteiger partial charge is 0.383 e. The van der Waals surface area contributed by atoms with Crippen molar-refractivity contribution in [3.05, 3.63) is 60.2 Å². The monoisotopic (exact) mass is 447 g/mol. The van der Waals surface area contributed by atoms with Crippen molar-refractivity contribution in [2.45, 2.75) is 18.5 Å². The molecule has 1 aliphatic rings. The van der Waals surface area contributed by atoms with Crippen LogP contribution in [0.1, 0.15) is 34.1 Å². The molecule has 3 N–H and O–H groups in total. The molecule has 33 heavy (non-hydrogen) atoms. The second-order valence-electron chi connectivity index (χ2n) is 7.68. The van der Waals surface area contributed by atoms with E-state index in [2.05, 4.69) is 33.8 Å². The van der Waals surface area contributed by atoms with Gasteiger partial charge in [0, 0.05) is 44.9 Å². The summed E-state index contributed by atoms with van der Waals surface area (Å²) in [5.41, 5.74) is 7.67. The van der Waals surface area contributed by atoms with E-state index in [1.54, 1.807) is 29.9 Å². The molecule has 0 bridgehead atoms. The van der Waals surface area contributed by atoms with E-state index in [1.807, 2.05) is 28.9 Å². The van der Waals surface area contributed by atoms with E-state index in [4.69, 9.17) is 10.5 Å². The molecule has 0 unspecified atom stereocenters. The van der Waals surface area contributed by atoms with Crippen LogP contribution in [0.4, 0.5) is 5.82 Å². The van der Waals surface area contributed by atoms with Crippen LogP contribution in [-0.2, 0) is 9.53 Å². The Kier molecular flexibility index (Phi) is 6.15. The van der Waals surface area contributed by atoms with Gasteiger partial charge >= 0.3 is 0 Å². The summed E-state index contributed by atoms with van der Waals surface area (Å²) in [7, 11) is 3.29. The molecule has 0 aliphatic carbocycles. The Morgan fingerprint density at radius 3 is 2.91 bits per heavy atom. The van der Waals surface area contributed by atoms with E-state index < -0.39 is 5.91 Å². The van der Waals surface area contributed by atoms with Crippen molar-refractivity contribution in [2.75, 3.05) is 32.6 Å². The number of primary amides is 1. The Hall–Kier alpha value is -4.10. The highest BCUT2D eigenvalue weighted by atomic mass is 16.5. The zero-order chi connectivity index (χ0) is 23.5. The molecule has 1 aliphatic heterocycles. The fourth-order valence-electron chi connectivity index (χ4n) is 4.19. The summed E-state index contributed by atoms with van der Waals surface area (Å²) in [6.07, 6.45) is 7.30. The summed E-state index contributed by atoms with van der Waals surface area (Å²) in [5.74, 6) is 5.68. The van der Waals surface area contributed by atoms with E-state index >= 15 is 0 Å². The molecular weight excluding hydrogens is 422 g/mol. The predicted molar refractivity (Wildman–Crippen MR) is 123 cm³/mol. The van der Waals surface area contributed by atoms with Gasteiger partial charge in [-0.2, -0.15) is 5.10 Å². The molecule has 10 heteroatoms. The second kappa shape index (κ2) is 9.18. The molecule has 0 aromatic carbocycles. The number of imidazole rings is 1.